The molecule has 0 radical (unpaired) electrons. The summed E-state index contributed by atoms with van der Waals surface area (Å²) < 4.78 is 24.8. The fourth-order valence-electron chi connectivity index (χ4n) is 25.7. The Kier molecular flexibility index (Phi) is 14.0. The van der Waals surface area contributed by atoms with Gasteiger partial charge in [0.15, 0.2) is 0 Å². The number of hydrogen-bond donors (Lipinski definition) is 0. The molecule has 22 rings (SSSR count). The zero-order chi connectivity index (χ0) is 71.9. The zero-order valence-corrected chi connectivity index (χ0v) is 68.0. The molecule has 9 heteroatoms. The first kappa shape index (κ1) is 65.8. The fraction of sp³-hybridized carbons (Fsp3) is 0.265. The summed E-state index contributed by atoms with van der Waals surface area (Å²) in [5.74, 6) is 3.28. The third kappa shape index (κ3) is 7.95. The van der Waals surface area contributed by atoms with E-state index in [4.69, 9.17) is 18.9 Å². The standard InChI is InChI=1S/2C49H44O2Si.2ClH.Zr/c2*1-30-24-44-38(34-26-32-12-4-6-16-40(32)46(28-34)50-36-20-21-36)14-8-10-18-42(44)48(30)52(3)49-31(2)25-45-39(15-9-11-19-43(45)49)35-27-33-13-5-7-17-41(33)47(29-35)51-37-22-23-37;;;/h2*4-19,24-29,36-39,52H,20-23H2,1-3H3;2*1H;/q;;;;+2/p-2. The van der Waals surface area contributed by atoms with E-state index in [0.717, 1.165) is 95.9 Å². The topological polar surface area (TPSA) is 36.9 Å². The number of fused-ring (bicyclic) bond motifs is 12. The van der Waals surface area contributed by atoms with Gasteiger partial charge < -0.3 is 0 Å². The van der Waals surface area contributed by atoms with Crippen molar-refractivity contribution >= 4 is 77.7 Å². The summed E-state index contributed by atoms with van der Waals surface area (Å²) in [7, 11) is 18.2. The van der Waals surface area contributed by atoms with Crippen LogP contribution in [0.2, 0.25) is 24.1 Å². The summed E-state index contributed by atoms with van der Waals surface area (Å²) in [4.78, 5) is 0. The summed E-state index contributed by atoms with van der Waals surface area (Å²) in [5, 5.41) is 9.37. The van der Waals surface area contributed by atoms with Crippen LogP contribution in [0.1, 0.15) is 125 Å². The van der Waals surface area contributed by atoms with Gasteiger partial charge in [-0.3, -0.25) is 0 Å². The molecule has 0 N–H and O–H groups in total. The third-order valence-corrected chi connectivity index (χ3v) is 114. The minimum atomic E-state index is -7.90. The molecule has 6 fully saturated rings. The first-order chi connectivity index (χ1) is 52.1. The average Bonchev–Trinajstić information content (AvgIpc) is 1.29. The molecule has 14 aliphatic rings. The van der Waals surface area contributed by atoms with Crippen molar-refractivity contribution in [3.05, 3.63) is 356 Å². The Balaban J connectivity index is 0.879. The average molecular weight is 1550 g/mol. The Labute approximate surface area is 636 Å². The summed E-state index contributed by atoms with van der Waals surface area (Å²) in [6, 6.07) is 54.8. The van der Waals surface area contributed by atoms with E-state index in [-0.39, 0.29) is 48.1 Å². The first-order valence-corrected chi connectivity index (χ1v) is 55.6. The van der Waals surface area contributed by atoms with Gasteiger partial charge in [0, 0.05) is 0 Å². The summed E-state index contributed by atoms with van der Waals surface area (Å²) in [6.07, 6.45) is 59.3. The summed E-state index contributed by atoms with van der Waals surface area (Å²) >= 11 is -7.90. The van der Waals surface area contributed by atoms with E-state index in [9.17, 15) is 17.0 Å². The first-order valence-electron chi connectivity index (χ1n) is 39.7. The second-order valence-corrected chi connectivity index (χ2v) is 74.0. The van der Waals surface area contributed by atoms with Crippen molar-refractivity contribution in [3.8, 4) is 23.0 Å². The minimum absolute atomic E-state index is 0.147. The predicted molar refractivity (Wildman–Crippen MR) is 446 cm³/mol. The van der Waals surface area contributed by atoms with Crippen LogP contribution in [0, 0.1) is 0 Å². The molecule has 2 aliphatic heterocycles. The molecular formula is C98H88Cl2O4Si2Zr. The van der Waals surface area contributed by atoms with E-state index in [2.05, 4.69) is 308 Å². The van der Waals surface area contributed by atoms with Gasteiger partial charge in [-0.2, -0.15) is 0 Å². The summed E-state index contributed by atoms with van der Waals surface area (Å²) in [5.41, 5.74) is 20.9. The molecule has 4 saturated carbocycles. The zero-order valence-electron chi connectivity index (χ0n) is 61.7. The number of halogens is 2. The molecule has 0 amide bonds. The van der Waals surface area contributed by atoms with Gasteiger partial charge >= 0.3 is 642 Å². The van der Waals surface area contributed by atoms with Crippen molar-refractivity contribution < 1.29 is 33.9 Å². The quantitative estimate of drug-likeness (QED) is 0.114. The maximum atomic E-state index is 11.8. The molecule has 530 valence electrons. The van der Waals surface area contributed by atoms with Gasteiger partial charge in [0.05, 0.1) is 0 Å². The molecule has 12 aliphatic carbocycles. The van der Waals surface area contributed by atoms with Crippen molar-refractivity contribution in [2.75, 3.05) is 0 Å². The van der Waals surface area contributed by atoms with Crippen molar-refractivity contribution in [2.24, 2.45) is 0 Å². The molecule has 2 heterocycles. The van der Waals surface area contributed by atoms with E-state index < -0.39 is 43.5 Å². The van der Waals surface area contributed by atoms with Crippen molar-refractivity contribution in [1.82, 2.24) is 0 Å². The Bertz CT molecular complexity index is 5270. The third-order valence-electron chi connectivity index (χ3n) is 29.2. The van der Waals surface area contributed by atoms with Gasteiger partial charge in [-0.1, -0.05) is 0 Å². The molecular weight excluding hydrogens is 1460 g/mol. The number of rotatable bonds is 12. The van der Waals surface area contributed by atoms with Crippen LogP contribution >= 0.6 is 17.0 Å². The monoisotopic (exact) mass is 1540 g/mol. The van der Waals surface area contributed by atoms with Crippen LogP contribution < -0.4 is 18.9 Å². The molecule has 5 spiro atoms. The molecule has 8 atom stereocenters. The van der Waals surface area contributed by atoms with Crippen LogP contribution in [0.15, 0.2) is 334 Å². The van der Waals surface area contributed by atoms with Gasteiger partial charge in [0.2, 0.25) is 0 Å². The van der Waals surface area contributed by atoms with Crippen LogP contribution in [-0.2, 0) is 14.9 Å². The molecule has 2 saturated heterocycles. The van der Waals surface area contributed by atoms with E-state index in [0.29, 0.717) is 0 Å². The van der Waals surface area contributed by atoms with Crippen molar-refractivity contribution in [1.29, 1.82) is 0 Å². The Hall–Kier alpha value is -8.26. The number of ether oxygens (including phenoxy) is 4. The van der Waals surface area contributed by atoms with Gasteiger partial charge in [-0.05, 0) is 0 Å². The second-order valence-electron chi connectivity index (χ2n) is 34.2. The molecule has 107 heavy (non-hydrogen) atoms. The van der Waals surface area contributed by atoms with Crippen LogP contribution in [0.25, 0.3) is 43.1 Å². The van der Waals surface area contributed by atoms with Gasteiger partial charge in [0.1, 0.15) is 0 Å². The van der Waals surface area contributed by atoms with Crippen LogP contribution in [-0.4, -0.2) is 42.0 Å². The Morgan fingerprint density at radius 1 is 0.318 bits per heavy atom. The normalized spacial score (nSPS) is 31.8. The fourth-order valence-corrected chi connectivity index (χ4v) is 149. The maximum absolute atomic E-state index is 11.8. The Morgan fingerprint density at radius 2 is 0.542 bits per heavy atom. The molecule has 8 aromatic rings. The van der Waals surface area contributed by atoms with Crippen LogP contribution in [0.5, 0.6) is 23.0 Å². The SMILES string of the molecule is CC1=CC2=C(C=CC=CC2c2cc(OC3CC3)c3ccccc3c2)[C]12[SiH](C)[C]1(C(C)=CC3=C1C=CC=CC3c1cc(OC3CC3)c3ccccc3c1)[Zr]21([Cl])([Cl])[C]2(C(C)=CC3=C2C=CC=CC3c2cc(OC3CC3)c3ccccc3c2)[SiH](C)[C]12C(C)=CC1=C2C=CC=CC1c1cc(OC2CC2)c2ccccc2c1. The number of benzene rings is 8. The predicted octanol–water partition coefficient (Wildman–Crippen LogP) is 25.5. The van der Waals surface area contributed by atoms with Gasteiger partial charge in [0.25, 0.3) is 0 Å². The molecule has 8 aromatic carbocycles. The van der Waals surface area contributed by atoms with Crippen LogP contribution in [0.4, 0.5) is 0 Å². The van der Waals surface area contributed by atoms with Crippen molar-refractivity contribution in [2.45, 2.75) is 151 Å². The van der Waals surface area contributed by atoms with Gasteiger partial charge in [-0.15, -0.1) is 0 Å². The van der Waals surface area contributed by atoms with Crippen LogP contribution in [0.3, 0.4) is 0 Å². The number of allylic oxidation sites excluding steroid dienone is 32. The molecule has 8 unspecified atom stereocenters. The molecule has 4 nitrogen and oxygen atoms in total. The van der Waals surface area contributed by atoms with Crippen molar-refractivity contribution in [3.63, 3.8) is 0 Å². The summed E-state index contributed by atoms with van der Waals surface area (Å²) in [6.45, 7) is 15.7. The van der Waals surface area contributed by atoms with Gasteiger partial charge in [-0.25, -0.2) is 0 Å². The van der Waals surface area contributed by atoms with E-state index in [1.807, 2.05) is 0 Å². The Morgan fingerprint density at radius 3 is 0.766 bits per heavy atom. The van der Waals surface area contributed by atoms with E-state index in [1.54, 1.807) is 0 Å². The number of hydrogen-bond acceptors (Lipinski definition) is 4. The second kappa shape index (κ2) is 22.7. The molecule has 0 bridgehead atoms. The van der Waals surface area contributed by atoms with E-state index >= 15 is 0 Å². The van der Waals surface area contributed by atoms with E-state index in [1.165, 1.54) is 111 Å². The molecule has 0 aromatic heterocycles.